The molecule has 1 aliphatic rings. The van der Waals surface area contributed by atoms with Gasteiger partial charge in [0, 0.05) is 6.54 Å². The van der Waals surface area contributed by atoms with Crippen molar-refractivity contribution in [2.75, 3.05) is 44.6 Å². The molecule has 0 aromatic heterocycles. The van der Waals surface area contributed by atoms with Crippen molar-refractivity contribution >= 4 is 40.5 Å². The number of nitrogens with zero attached hydrogens (tertiary/aromatic N) is 1. The topological polar surface area (TPSA) is 48.8 Å². The lowest BCUT2D eigenvalue weighted by atomic mass is 10.3. The van der Waals surface area contributed by atoms with Crippen LogP contribution in [0.5, 0.6) is 0 Å². The Kier molecular flexibility index (Phi) is 7.75. The van der Waals surface area contributed by atoms with E-state index < -0.39 is 0 Å². The number of hydrogen-bond acceptors (Lipinski definition) is 2. The van der Waals surface area contributed by atoms with Gasteiger partial charge < -0.3 is 20.4 Å². The number of carbonyl (C=O) groups excluding carboxylic acids is 1. The number of quaternary nitrogens is 1. The number of anilines is 1. The predicted molar refractivity (Wildman–Crippen MR) is 103 cm³/mol. The second-order valence-corrected chi connectivity index (χ2v) is 6.82. The molecule has 0 spiro atoms. The highest BCUT2D eigenvalue weighted by atomic mass is 35.5. The number of thiocarbonyl (C=S) groups is 1. The molecule has 5 nitrogen and oxygen atoms in total. The molecule has 2 rings (SSSR count). The van der Waals surface area contributed by atoms with Gasteiger partial charge in [-0.05, 0) is 30.8 Å². The fourth-order valence-electron chi connectivity index (χ4n) is 2.67. The van der Waals surface area contributed by atoms with Crippen LogP contribution in [-0.2, 0) is 4.79 Å². The Morgan fingerprint density at radius 3 is 2.71 bits per heavy atom. The van der Waals surface area contributed by atoms with Gasteiger partial charge in [-0.2, -0.15) is 0 Å². The molecule has 0 atom stereocenters. The minimum atomic E-state index is -0.00445. The van der Waals surface area contributed by atoms with Gasteiger partial charge in [-0.1, -0.05) is 37.1 Å². The molecule has 1 heterocycles. The zero-order chi connectivity index (χ0) is 17.4. The Bertz CT molecular complexity index is 561. The number of amides is 1. The smallest absolute Gasteiger partial charge is 0.279 e. The molecule has 1 amide bonds. The number of hydrogen-bond donors (Lipinski definition) is 3. The lowest BCUT2D eigenvalue weighted by molar-refractivity contribution is -0.895. The minimum Gasteiger partial charge on any atom is -0.363 e. The van der Waals surface area contributed by atoms with E-state index in [2.05, 4.69) is 22.5 Å². The number of benzene rings is 1. The minimum absolute atomic E-state index is 0.00445. The van der Waals surface area contributed by atoms with Crippen LogP contribution in [0.1, 0.15) is 19.8 Å². The third kappa shape index (κ3) is 5.92. The summed E-state index contributed by atoms with van der Waals surface area (Å²) in [4.78, 5) is 15.6. The van der Waals surface area contributed by atoms with Crippen LogP contribution < -0.4 is 15.5 Å². The van der Waals surface area contributed by atoms with Gasteiger partial charge in [0.15, 0.2) is 11.7 Å². The number of carbonyl (C=O) groups is 1. The Labute approximate surface area is 154 Å². The van der Waals surface area contributed by atoms with E-state index in [1.165, 1.54) is 4.90 Å². The summed E-state index contributed by atoms with van der Waals surface area (Å²) in [6.45, 7) is 7.13. The molecule has 0 unspecified atom stereocenters. The third-order valence-electron chi connectivity index (χ3n) is 4.12. The summed E-state index contributed by atoms with van der Waals surface area (Å²) in [7, 11) is 0. The second kappa shape index (κ2) is 9.81. The van der Waals surface area contributed by atoms with Crippen LogP contribution in [0.15, 0.2) is 24.3 Å². The summed E-state index contributed by atoms with van der Waals surface area (Å²) >= 11 is 11.5. The van der Waals surface area contributed by atoms with Crippen LogP contribution in [0, 0.1) is 0 Å². The lowest BCUT2D eigenvalue weighted by Gasteiger charge is -2.33. The van der Waals surface area contributed by atoms with Crippen molar-refractivity contribution in [1.29, 1.82) is 0 Å². The molecular formula is C17H26ClN4OS+. The molecule has 132 valence electrons. The van der Waals surface area contributed by atoms with Crippen molar-refractivity contribution in [3.05, 3.63) is 29.3 Å². The molecular weight excluding hydrogens is 344 g/mol. The van der Waals surface area contributed by atoms with Gasteiger partial charge in [0.05, 0.1) is 36.9 Å². The molecule has 1 aromatic carbocycles. The number of nitrogens with one attached hydrogen (secondary N) is 3. The molecule has 1 fully saturated rings. The molecule has 1 aliphatic heterocycles. The van der Waals surface area contributed by atoms with Gasteiger partial charge in [-0.3, -0.25) is 4.79 Å². The fraction of sp³-hybridized carbons (Fsp3) is 0.529. The van der Waals surface area contributed by atoms with E-state index in [4.69, 9.17) is 23.8 Å². The van der Waals surface area contributed by atoms with E-state index in [0.29, 0.717) is 17.3 Å². The number of rotatable bonds is 6. The lowest BCUT2D eigenvalue weighted by Crippen LogP contribution is -3.15. The van der Waals surface area contributed by atoms with Crippen molar-refractivity contribution in [2.45, 2.75) is 19.8 Å². The van der Waals surface area contributed by atoms with Gasteiger partial charge in [-0.25, -0.2) is 0 Å². The van der Waals surface area contributed by atoms with Crippen LogP contribution in [-0.4, -0.2) is 55.2 Å². The highest BCUT2D eigenvalue weighted by Crippen LogP contribution is 2.19. The normalized spacial score (nSPS) is 15.2. The highest BCUT2D eigenvalue weighted by molar-refractivity contribution is 7.80. The average Bonchev–Trinajstić information content (AvgIpc) is 2.58. The standard InChI is InChI=1S/C17H25ClN4OS/c1-2-3-8-19-17(24)22-11-9-21(10-12-22)13-16(23)20-15-7-5-4-6-14(15)18/h4-7H,2-3,8-13H2,1H3,(H,19,24)(H,20,23)/p+1. The average molecular weight is 370 g/mol. The van der Waals surface area contributed by atoms with Gasteiger partial charge in [0.1, 0.15) is 0 Å². The quantitative estimate of drug-likeness (QED) is 0.520. The summed E-state index contributed by atoms with van der Waals surface area (Å²) < 4.78 is 0. The van der Waals surface area contributed by atoms with E-state index in [-0.39, 0.29) is 5.91 Å². The SMILES string of the molecule is CCCCNC(=S)N1CC[NH+](CC(=O)Nc2ccccc2Cl)CC1. The number of piperazine rings is 1. The van der Waals surface area contributed by atoms with Crippen LogP contribution in [0.4, 0.5) is 5.69 Å². The first-order valence-corrected chi connectivity index (χ1v) is 9.29. The van der Waals surface area contributed by atoms with Crippen molar-refractivity contribution in [2.24, 2.45) is 0 Å². The molecule has 3 N–H and O–H groups in total. The van der Waals surface area contributed by atoms with E-state index in [9.17, 15) is 4.79 Å². The van der Waals surface area contributed by atoms with Crippen LogP contribution in [0.3, 0.4) is 0 Å². The van der Waals surface area contributed by atoms with Gasteiger partial charge in [0.25, 0.3) is 5.91 Å². The van der Waals surface area contributed by atoms with Crippen LogP contribution in [0.2, 0.25) is 5.02 Å². The molecule has 0 aliphatic carbocycles. The Hall–Kier alpha value is -1.37. The second-order valence-electron chi connectivity index (χ2n) is 6.03. The molecule has 0 radical (unpaired) electrons. The Morgan fingerprint density at radius 1 is 1.33 bits per heavy atom. The Morgan fingerprint density at radius 2 is 2.04 bits per heavy atom. The molecule has 1 aromatic rings. The summed E-state index contributed by atoms with van der Waals surface area (Å²) in [5.74, 6) is -0.00445. The first-order chi connectivity index (χ1) is 11.6. The Balaban J connectivity index is 1.72. The van der Waals surface area contributed by atoms with Gasteiger partial charge in [0.2, 0.25) is 0 Å². The first kappa shape index (κ1) is 19.0. The monoisotopic (exact) mass is 369 g/mol. The summed E-state index contributed by atoms with van der Waals surface area (Å²) in [6.07, 6.45) is 2.29. The van der Waals surface area contributed by atoms with E-state index in [0.717, 1.165) is 50.7 Å². The van der Waals surface area contributed by atoms with Crippen LogP contribution >= 0.6 is 23.8 Å². The van der Waals surface area contributed by atoms with Crippen LogP contribution in [0.25, 0.3) is 0 Å². The summed E-state index contributed by atoms with van der Waals surface area (Å²) in [5, 5.41) is 7.58. The van der Waals surface area contributed by atoms with Crippen molar-refractivity contribution in [3.8, 4) is 0 Å². The highest BCUT2D eigenvalue weighted by Gasteiger charge is 2.23. The van der Waals surface area contributed by atoms with E-state index in [1.807, 2.05) is 18.2 Å². The maximum atomic E-state index is 12.2. The van der Waals surface area contributed by atoms with E-state index in [1.54, 1.807) is 6.07 Å². The zero-order valence-electron chi connectivity index (χ0n) is 14.1. The van der Waals surface area contributed by atoms with E-state index >= 15 is 0 Å². The van der Waals surface area contributed by atoms with Gasteiger partial charge in [-0.15, -0.1) is 0 Å². The van der Waals surface area contributed by atoms with Gasteiger partial charge >= 0.3 is 0 Å². The number of unbranched alkanes of at least 4 members (excludes halogenated alkanes) is 1. The molecule has 0 bridgehead atoms. The fourth-order valence-corrected chi connectivity index (χ4v) is 3.14. The van der Waals surface area contributed by atoms with Crippen molar-refractivity contribution < 1.29 is 9.69 Å². The first-order valence-electron chi connectivity index (χ1n) is 8.51. The molecule has 24 heavy (non-hydrogen) atoms. The molecule has 1 saturated heterocycles. The maximum Gasteiger partial charge on any atom is 0.279 e. The maximum absolute atomic E-state index is 12.2. The number of para-hydroxylation sites is 1. The number of halogens is 1. The largest absolute Gasteiger partial charge is 0.363 e. The molecule has 0 saturated carbocycles. The van der Waals surface area contributed by atoms with Crippen molar-refractivity contribution in [1.82, 2.24) is 10.2 Å². The summed E-state index contributed by atoms with van der Waals surface area (Å²) in [5.41, 5.74) is 0.670. The van der Waals surface area contributed by atoms with Crippen molar-refractivity contribution in [3.63, 3.8) is 0 Å². The molecule has 7 heteroatoms. The zero-order valence-corrected chi connectivity index (χ0v) is 15.7. The predicted octanol–water partition coefficient (Wildman–Crippen LogP) is 1.15. The summed E-state index contributed by atoms with van der Waals surface area (Å²) in [6, 6.07) is 7.29. The third-order valence-corrected chi connectivity index (χ3v) is 4.85.